The van der Waals surface area contributed by atoms with E-state index in [1.54, 1.807) is 0 Å². The van der Waals surface area contributed by atoms with Crippen LogP contribution >= 0.6 is 0 Å². The van der Waals surface area contributed by atoms with E-state index < -0.39 is 0 Å². The number of aromatic amines is 1. The summed E-state index contributed by atoms with van der Waals surface area (Å²) in [4.78, 5) is 15.9. The standard InChI is InChI=1S/C22H27N5/c1-2-8-19-18(7-1)25-21(26-19)15-27(17-10-13-23-14-11-17)20-9-3-5-16-6-4-12-24-22(16)20/h1-2,4,6-8,12,17,20,23H,3,5,9-11,13-15H2,(H,25,26). The highest BCUT2D eigenvalue weighted by Gasteiger charge is 2.33. The minimum atomic E-state index is 0.395. The maximum Gasteiger partial charge on any atom is 0.121 e. The highest BCUT2D eigenvalue weighted by Crippen LogP contribution is 2.36. The van der Waals surface area contributed by atoms with Crippen molar-refractivity contribution in [3.8, 4) is 0 Å². The second-order valence-electron chi connectivity index (χ2n) is 7.81. The van der Waals surface area contributed by atoms with Gasteiger partial charge in [0, 0.05) is 12.2 Å². The molecule has 5 rings (SSSR count). The number of benzene rings is 1. The van der Waals surface area contributed by atoms with Crippen molar-refractivity contribution in [1.82, 2.24) is 25.2 Å². The Bertz CT molecular complexity index is 879. The molecule has 27 heavy (non-hydrogen) atoms. The minimum absolute atomic E-state index is 0.395. The lowest BCUT2D eigenvalue weighted by Crippen LogP contribution is -2.45. The SMILES string of the molecule is c1cnc2c(c1)CCCC2N(Cc1nc2ccccc2[nH]1)C1CCNCC1. The smallest absolute Gasteiger partial charge is 0.121 e. The average molecular weight is 361 g/mol. The van der Waals surface area contributed by atoms with E-state index in [1.807, 2.05) is 6.20 Å². The molecule has 0 spiro atoms. The Morgan fingerprint density at radius 1 is 1.04 bits per heavy atom. The lowest BCUT2D eigenvalue weighted by molar-refractivity contribution is 0.0836. The van der Waals surface area contributed by atoms with Gasteiger partial charge in [-0.3, -0.25) is 9.88 Å². The summed E-state index contributed by atoms with van der Waals surface area (Å²) in [5.74, 6) is 1.07. The summed E-state index contributed by atoms with van der Waals surface area (Å²) < 4.78 is 0. The summed E-state index contributed by atoms with van der Waals surface area (Å²) in [6.45, 7) is 3.06. The van der Waals surface area contributed by atoms with Crippen LogP contribution in [-0.2, 0) is 13.0 Å². The fourth-order valence-electron chi connectivity index (χ4n) is 4.79. The molecular weight excluding hydrogens is 334 g/mol. The van der Waals surface area contributed by atoms with Crippen molar-refractivity contribution < 1.29 is 0 Å². The number of pyridine rings is 1. The van der Waals surface area contributed by atoms with Crippen molar-refractivity contribution in [3.05, 3.63) is 59.7 Å². The first-order valence-corrected chi connectivity index (χ1v) is 10.2. The molecule has 2 N–H and O–H groups in total. The number of rotatable bonds is 4. The molecule has 0 radical (unpaired) electrons. The summed E-state index contributed by atoms with van der Waals surface area (Å²) in [5.41, 5.74) is 4.90. The van der Waals surface area contributed by atoms with Gasteiger partial charge in [0.1, 0.15) is 5.82 Å². The third-order valence-electron chi connectivity index (χ3n) is 6.11. The summed E-state index contributed by atoms with van der Waals surface area (Å²) in [5, 5.41) is 3.51. The zero-order chi connectivity index (χ0) is 18.1. The first-order valence-electron chi connectivity index (χ1n) is 10.2. The Hall–Kier alpha value is -2.24. The van der Waals surface area contributed by atoms with Crippen molar-refractivity contribution >= 4 is 11.0 Å². The molecule has 2 aliphatic rings. The van der Waals surface area contributed by atoms with Crippen LogP contribution < -0.4 is 5.32 Å². The van der Waals surface area contributed by atoms with E-state index in [2.05, 4.69) is 51.6 Å². The van der Waals surface area contributed by atoms with Gasteiger partial charge in [0.15, 0.2) is 0 Å². The molecule has 0 bridgehead atoms. The van der Waals surface area contributed by atoms with Crippen molar-refractivity contribution in [3.63, 3.8) is 0 Å². The maximum atomic E-state index is 4.86. The van der Waals surface area contributed by atoms with Gasteiger partial charge in [-0.25, -0.2) is 4.98 Å². The highest BCUT2D eigenvalue weighted by atomic mass is 15.2. The zero-order valence-electron chi connectivity index (χ0n) is 15.7. The van der Waals surface area contributed by atoms with E-state index in [0.717, 1.165) is 42.9 Å². The molecule has 1 atom stereocenters. The van der Waals surface area contributed by atoms with Crippen molar-refractivity contribution in [2.75, 3.05) is 13.1 Å². The van der Waals surface area contributed by atoms with Crippen LogP contribution in [0.1, 0.15) is 48.8 Å². The van der Waals surface area contributed by atoms with Gasteiger partial charge in [-0.2, -0.15) is 0 Å². The molecule has 2 aromatic heterocycles. The number of aromatic nitrogens is 3. The molecule has 5 heteroatoms. The Labute approximate surface area is 160 Å². The van der Waals surface area contributed by atoms with E-state index in [9.17, 15) is 0 Å². The van der Waals surface area contributed by atoms with Crippen LogP contribution in [0.4, 0.5) is 0 Å². The number of piperidine rings is 1. The van der Waals surface area contributed by atoms with Crippen LogP contribution in [0.3, 0.4) is 0 Å². The first-order chi connectivity index (χ1) is 13.4. The fraction of sp³-hybridized carbons (Fsp3) is 0.455. The van der Waals surface area contributed by atoms with E-state index in [-0.39, 0.29) is 0 Å². The minimum Gasteiger partial charge on any atom is -0.341 e. The molecule has 140 valence electrons. The molecule has 1 aliphatic heterocycles. The van der Waals surface area contributed by atoms with Gasteiger partial charge >= 0.3 is 0 Å². The largest absolute Gasteiger partial charge is 0.341 e. The molecule has 5 nitrogen and oxygen atoms in total. The number of aryl methyl sites for hydroxylation is 1. The predicted octanol–water partition coefficient (Wildman–Crippen LogP) is 3.59. The van der Waals surface area contributed by atoms with Crippen LogP contribution in [-0.4, -0.2) is 39.0 Å². The predicted molar refractivity (Wildman–Crippen MR) is 107 cm³/mol. The molecule has 1 aliphatic carbocycles. The van der Waals surface area contributed by atoms with Crippen LogP contribution in [0.2, 0.25) is 0 Å². The molecule has 1 unspecified atom stereocenters. The molecule has 1 saturated heterocycles. The number of imidazole rings is 1. The number of hydrogen-bond donors (Lipinski definition) is 2. The highest BCUT2D eigenvalue weighted by molar-refractivity contribution is 5.74. The number of hydrogen-bond acceptors (Lipinski definition) is 4. The molecule has 3 aromatic rings. The van der Waals surface area contributed by atoms with Crippen LogP contribution in [0.15, 0.2) is 42.6 Å². The topological polar surface area (TPSA) is 56.8 Å². The van der Waals surface area contributed by atoms with Gasteiger partial charge in [0.05, 0.1) is 29.3 Å². The number of nitrogens with one attached hydrogen (secondary N) is 2. The fourth-order valence-corrected chi connectivity index (χ4v) is 4.79. The number of para-hydroxylation sites is 2. The van der Waals surface area contributed by atoms with Gasteiger partial charge < -0.3 is 10.3 Å². The average Bonchev–Trinajstić information content (AvgIpc) is 3.15. The quantitative estimate of drug-likeness (QED) is 0.746. The number of H-pyrrole nitrogens is 1. The summed E-state index contributed by atoms with van der Waals surface area (Å²) in [6, 6.07) is 13.6. The number of fused-ring (bicyclic) bond motifs is 2. The third kappa shape index (κ3) is 3.37. The Kier molecular flexibility index (Phi) is 4.64. The van der Waals surface area contributed by atoms with Crippen molar-refractivity contribution in [1.29, 1.82) is 0 Å². The van der Waals surface area contributed by atoms with Crippen molar-refractivity contribution in [2.45, 2.75) is 50.7 Å². The summed E-state index contributed by atoms with van der Waals surface area (Å²) in [6.07, 6.45) is 7.93. The molecule has 0 saturated carbocycles. The van der Waals surface area contributed by atoms with Gasteiger partial charge in [0.25, 0.3) is 0 Å². The second kappa shape index (κ2) is 7.41. The first kappa shape index (κ1) is 16.9. The summed E-state index contributed by atoms with van der Waals surface area (Å²) >= 11 is 0. The maximum absolute atomic E-state index is 4.86. The van der Waals surface area contributed by atoms with Crippen LogP contribution in [0, 0.1) is 0 Å². The molecular formula is C22H27N5. The normalized spacial score (nSPS) is 20.9. The molecule has 1 fully saturated rings. The Balaban J connectivity index is 1.49. The summed E-state index contributed by atoms with van der Waals surface area (Å²) in [7, 11) is 0. The molecule has 3 heterocycles. The van der Waals surface area contributed by atoms with Gasteiger partial charge in [-0.1, -0.05) is 18.2 Å². The molecule has 0 amide bonds. The van der Waals surface area contributed by atoms with Crippen LogP contribution in [0.5, 0.6) is 0 Å². The lowest BCUT2D eigenvalue weighted by atomic mass is 9.89. The van der Waals surface area contributed by atoms with E-state index in [4.69, 9.17) is 9.97 Å². The third-order valence-corrected chi connectivity index (χ3v) is 6.11. The van der Waals surface area contributed by atoms with E-state index in [1.165, 1.54) is 36.9 Å². The van der Waals surface area contributed by atoms with Gasteiger partial charge in [-0.15, -0.1) is 0 Å². The van der Waals surface area contributed by atoms with Gasteiger partial charge in [-0.05, 0) is 69.0 Å². The lowest BCUT2D eigenvalue weighted by Gasteiger charge is -2.41. The number of nitrogens with zero attached hydrogens (tertiary/aromatic N) is 3. The Morgan fingerprint density at radius 2 is 1.93 bits per heavy atom. The van der Waals surface area contributed by atoms with Crippen molar-refractivity contribution in [2.24, 2.45) is 0 Å². The monoisotopic (exact) mass is 361 g/mol. The van der Waals surface area contributed by atoms with E-state index in [0.29, 0.717) is 12.1 Å². The second-order valence-corrected chi connectivity index (χ2v) is 7.81. The molecule has 1 aromatic carbocycles. The van der Waals surface area contributed by atoms with Gasteiger partial charge in [0.2, 0.25) is 0 Å². The zero-order valence-corrected chi connectivity index (χ0v) is 15.7. The Morgan fingerprint density at radius 3 is 2.81 bits per heavy atom. The van der Waals surface area contributed by atoms with Crippen LogP contribution in [0.25, 0.3) is 11.0 Å². The van der Waals surface area contributed by atoms with E-state index >= 15 is 0 Å².